The van der Waals surface area contributed by atoms with Crippen LogP contribution < -0.4 is 0 Å². The average molecular weight is 413 g/mol. The van der Waals surface area contributed by atoms with Crippen molar-refractivity contribution >= 4 is 20.0 Å². The molecule has 1 aliphatic rings. The van der Waals surface area contributed by atoms with Gasteiger partial charge < -0.3 is 0 Å². The topological polar surface area (TPSA) is 92.6 Å². The number of aryl methyl sites for hydroxylation is 2. The highest BCUT2D eigenvalue weighted by Crippen LogP contribution is 2.23. The first kappa shape index (κ1) is 20.0. The summed E-state index contributed by atoms with van der Waals surface area (Å²) in [4.78, 5) is 0.406. The molecule has 1 saturated heterocycles. The highest BCUT2D eigenvalue weighted by atomic mass is 32.2. The van der Waals surface area contributed by atoms with Crippen molar-refractivity contribution in [2.24, 2.45) is 0 Å². The Morgan fingerprint density at radius 3 is 1.89 bits per heavy atom. The van der Waals surface area contributed by atoms with Crippen molar-refractivity contribution in [2.45, 2.75) is 37.1 Å². The minimum absolute atomic E-state index is 0.115. The molecular formula is C17H24N4O4S2. The number of sulfonamides is 2. The van der Waals surface area contributed by atoms with Crippen molar-refractivity contribution < 1.29 is 16.8 Å². The van der Waals surface area contributed by atoms with Crippen LogP contribution in [-0.4, -0.2) is 61.4 Å². The molecule has 0 radical (unpaired) electrons. The van der Waals surface area contributed by atoms with Crippen LogP contribution in [0, 0.1) is 13.8 Å². The number of rotatable bonds is 5. The zero-order chi connectivity index (χ0) is 19.8. The molecule has 27 heavy (non-hydrogen) atoms. The molecule has 8 nitrogen and oxygen atoms in total. The lowest BCUT2D eigenvalue weighted by atomic mass is 10.2. The standard InChI is InChI=1S/C17H24N4O4S2/c1-4-21-15(3)17(13-18-21)27(24,25)20-11-9-19(10-12-20)26(22,23)16-7-5-14(2)6-8-16/h5-8,13H,4,9-12H2,1-3H3. The van der Waals surface area contributed by atoms with Crippen LogP contribution in [0.3, 0.4) is 0 Å². The van der Waals surface area contributed by atoms with Crippen LogP contribution in [0.25, 0.3) is 0 Å². The highest BCUT2D eigenvalue weighted by Gasteiger charge is 2.35. The first-order chi connectivity index (χ1) is 12.7. The molecular weight excluding hydrogens is 388 g/mol. The van der Waals surface area contributed by atoms with E-state index in [2.05, 4.69) is 5.10 Å². The second-order valence-electron chi connectivity index (χ2n) is 6.53. The smallest absolute Gasteiger partial charge is 0.246 e. The van der Waals surface area contributed by atoms with Crippen LogP contribution in [0.2, 0.25) is 0 Å². The van der Waals surface area contributed by atoms with Gasteiger partial charge in [-0.15, -0.1) is 0 Å². The molecule has 3 rings (SSSR count). The molecule has 0 atom stereocenters. The normalized spacial score (nSPS) is 17.3. The predicted octanol–water partition coefficient (Wildman–Crippen LogP) is 1.22. The maximum absolute atomic E-state index is 12.9. The molecule has 1 fully saturated rings. The molecule has 1 aromatic heterocycles. The van der Waals surface area contributed by atoms with Crippen LogP contribution in [0.1, 0.15) is 18.2 Å². The van der Waals surface area contributed by atoms with E-state index < -0.39 is 20.0 Å². The van der Waals surface area contributed by atoms with Crippen molar-refractivity contribution in [3.8, 4) is 0 Å². The Hall–Kier alpha value is -1.75. The van der Waals surface area contributed by atoms with Crippen molar-refractivity contribution in [1.82, 2.24) is 18.4 Å². The lowest BCUT2D eigenvalue weighted by molar-refractivity contribution is 0.272. The number of hydrogen-bond acceptors (Lipinski definition) is 5. The monoisotopic (exact) mass is 412 g/mol. The lowest BCUT2D eigenvalue weighted by Crippen LogP contribution is -2.50. The second-order valence-corrected chi connectivity index (χ2v) is 10.4. The first-order valence-corrected chi connectivity index (χ1v) is 11.7. The maximum atomic E-state index is 12.9. The summed E-state index contributed by atoms with van der Waals surface area (Å²) in [5.74, 6) is 0. The molecule has 0 unspecified atom stereocenters. The third-order valence-corrected chi connectivity index (χ3v) is 8.75. The van der Waals surface area contributed by atoms with E-state index in [-0.39, 0.29) is 36.0 Å². The summed E-state index contributed by atoms with van der Waals surface area (Å²) >= 11 is 0. The molecule has 148 valence electrons. The molecule has 0 amide bonds. The SMILES string of the molecule is CCn1ncc(S(=O)(=O)N2CCN(S(=O)(=O)c3ccc(C)cc3)CC2)c1C. The van der Waals surface area contributed by atoms with Crippen LogP contribution in [-0.2, 0) is 26.6 Å². The molecule has 0 saturated carbocycles. The van der Waals surface area contributed by atoms with Crippen molar-refractivity contribution in [2.75, 3.05) is 26.2 Å². The number of benzene rings is 1. The Bertz CT molecular complexity index is 1020. The summed E-state index contributed by atoms with van der Waals surface area (Å²) in [6.07, 6.45) is 1.36. The molecule has 2 heterocycles. The summed E-state index contributed by atoms with van der Waals surface area (Å²) in [5, 5.41) is 4.10. The van der Waals surface area contributed by atoms with E-state index in [1.807, 2.05) is 13.8 Å². The second kappa shape index (κ2) is 7.34. The fourth-order valence-electron chi connectivity index (χ4n) is 3.15. The van der Waals surface area contributed by atoms with Crippen molar-refractivity contribution in [1.29, 1.82) is 0 Å². The van der Waals surface area contributed by atoms with Gasteiger partial charge in [-0.2, -0.15) is 13.7 Å². The fourth-order valence-corrected chi connectivity index (χ4v) is 6.15. The van der Waals surface area contributed by atoms with Gasteiger partial charge in [-0.1, -0.05) is 17.7 Å². The van der Waals surface area contributed by atoms with Gasteiger partial charge in [-0.05, 0) is 32.9 Å². The molecule has 0 bridgehead atoms. The van der Waals surface area contributed by atoms with Gasteiger partial charge in [-0.3, -0.25) is 4.68 Å². The van der Waals surface area contributed by atoms with Crippen LogP contribution in [0.15, 0.2) is 40.3 Å². The Kier molecular flexibility index (Phi) is 5.44. The average Bonchev–Trinajstić information content (AvgIpc) is 3.03. The van der Waals surface area contributed by atoms with E-state index >= 15 is 0 Å². The van der Waals surface area contributed by atoms with Crippen molar-refractivity contribution in [3.63, 3.8) is 0 Å². The third-order valence-electron chi connectivity index (χ3n) is 4.83. The van der Waals surface area contributed by atoms with E-state index in [0.29, 0.717) is 12.2 Å². The summed E-state index contributed by atoms with van der Waals surface area (Å²) in [6, 6.07) is 6.66. The molecule has 10 heteroatoms. The van der Waals surface area contributed by atoms with E-state index in [1.54, 1.807) is 35.9 Å². The lowest BCUT2D eigenvalue weighted by Gasteiger charge is -2.33. The quantitative estimate of drug-likeness (QED) is 0.736. The highest BCUT2D eigenvalue weighted by molar-refractivity contribution is 7.89. The zero-order valence-corrected chi connectivity index (χ0v) is 17.3. The van der Waals surface area contributed by atoms with E-state index in [9.17, 15) is 16.8 Å². The number of hydrogen-bond donors (Lipinski definition) is 0. The summed E-state index contributed by atoms with van der Waals surface area (Å²) in [7, 11) is -7.32. The molecule has 1 aromatic carbocycles. The molecule has 1 aliphatic heterocycles. The summed E-state index contributed by atoms with van der Waals surface area (Å²) in [5.41, 5.74) is 1.57. The Morgan fingerprint density at radius 2 is 1.41 bits per heavy atom. The Balaban J connectivity index is 1.76. The minimum Gasteiger partial charge on any atom is -0.269 e. The van der Waals surface area contributed by atoms with Gasteiger partial charge in [0.15, 0.2) is 0 Å². The number of piperazine rings is 1. The molecule has 0 spiro atoms. The van der Waals surface area contributed by atoms with E-state index in [1.165, 1.54) is 14.8 Å². The maximum Gasteiger partial charge on any atom is 0.246 e. The van der Waals surface area contributed by atoms with E-state index in [0.717, 1.165) is 5.56 Å². The molecule has 2 aromatic rings. The molecule has 0 aliphatic carbocycles. The largest absolute Gasteiger partial charge is 0.269 e. The minimum atomic E-state index is -3.69. The zero-order valence-electron chi connectivity index (χ0n) is 15.7. The first-order valence-electron chi connectivity index (χ1n) is 8.77. The van der Waals surface area contributed by atoms with E-state index in [4.69, 9.17) is 0 Å². The Labute approximate surface area is 160 Å². The predicted molar refractivity (Wildman–Crippen MR) is 101 cm³/mol. The van der Waals surface area contributed by atoms with Gasteiger partial charge in [0.2, 0.25) is 20.0 Å². The van der Waals surface area contributed by atoms with Gasteiger partial charge >= 0.3 is 0 Å². The summed E-state index contributed by atoms with van der Waals surface area (Å²) in [6.45, 7) is 6.57. The summed E-state index contributed by atoms with van der Waals surface area (Å²) < 4.78 is 55.6. The van der Waals surface area contributed by atoms with Crippen LogP contribution in [0.4, 0.5) is 0 Å². The van der Waals surface area contributed by atoms with Gasteiger partial charge in [0.1, 0.15) is 4.90 Å². The van der Waals surface area contributed by atoms with Crippen molar-refractivity contribution in [3.05, 3.63) is 41.7 Å². The number of nitrogens with zero attached hydrogens (tertiary/aromatic N) is 4. The number of aromatic nitrogens is 2. The molecule has 0 N–H and O–H groups in total. The van der Waals surface area contributed by atoms with Gasteiger partial charge in [0.25, 0.3) is 0 Å². The van der Waals surface area contributed by atoms with Crippen LogP contribution >= 0.6 is 0 Å². The fraction of sp³-hybridized carbons (Fsp3) is 0.471. The third kappa shape index (κ3) is 3.66. The Morgan fingerprint density at radius 1 is 0.889 bits per heavy atom. The van der Waals surface area contributed by atoms with Crippen LogP contribution in [0.5, 0.6) is 0 Å². The van der Waals surface area contributed by atoms with Gasteiger partial charge in [0.05, 0.1) is 16.8 Å². The van der Waals surface area contributed by atoms with Gasteiger partial charge in [-0.25, -0.2) is 16.8 Å². The van der Waals surface area contributed by atoms with Gasteiger partial charge in [0, 0.05) is 32.7 Å².